The molecule has 2 aromatic carbocycles. The molecule has 1 unspecified atom stereocenters. The first kappa shape index (κ1) is 23.3. The zero-order valence-corrected chi connectivity index (χ0v) is 19.2. The number of benzene rings is 2. The van der Waals surface area contributed by atoms with E-state index in [0.717, 1.165) is 11.1 Å². The van der Waals surface area contributed by atoms with Crippen molar-refractivity contribution in [3.63, 3.8) is 0 Å². The van der Waals surface area contributed by atoms with Gasteiger partial charge < -0.3 is 24.4 Å². The van der Waals surface area contributed by atoms with Crippen LogP contribution in [0.2, 0.25) is 0 Å². The highest BCUT2D eigenvalue weighted by molar-refractivity contribution is 6.46. The lowest BCUT2D eigenvalue weighted by Gasteiger charge is -2.26. The van der Waals surface area contributed by atoms with E-state index in [2.05, 4.69) is 0 Å². The maximum absolute atomic E-state index is 13.1. The molecule has 7 heteroatoms. The largest absolute Gasteiger partial charge is 0.507 e. The fourth-order valence-electron chi connectivity index (χ4n) is 3.85. The molecular weight excluding hydrogens is 408 g/mol. The van der Waals surface area contributed by atoms with Crippen LogP contribution in [0.1, 0.15) is 29.7 Å². The molecule has 0 aromatic heterocycles. The second kappa shape index (κ2) is 9.87. The number of nitrogens with zero attached hydrogens (tertiary/aromatic N) is 2. The fraction of sp³-hybridized carbons (Fsp3) is 0.360. The van der Waals surface area contributed by atoms with Gasteiger partial charge in [-0.25, -0.2) is 0 Å². The number of amides is 1. The number of aliphatic hydroxyl groups excluding tert-OH is 1. The lowest BCUT2D eigenvalue weighted by Crippen LogP contribution is -2.35. The first-order valence-corrected chi connectivity index (χ1v) is 10.6. The molecule has 0 radical (unpaired) electrons. The molecule has 7 nitrogen and oxygen atoms in total. The van der Waals surface area contributed by atoms with E-state index in [1.165, 1.54) is 4.90 Å². The highest BCUT2D eigenvalue weighted by atomic mass is 16.5. The van der Waals surface area contributed by atoms with Crippen molar-refractivity contribution in [2.45, 2.75) is 19.9 Å². The molecule has 1 aliphatic heterocycles. The summed E-state index contributed by atoms with van der Waals surface area (Å²) >= 11 is 0. The summed E-state index contributed by atoms with van der Waals surface area (Å²) in [5.41, 5.74) is 2.06. The highest BCUT2D eigenvalue weighted by Gasteiger charge is 2.46. The van der Waals surface area contributed by atoms with Crippen LogP contribution in [0.15, 0.2) is 48.0 Å². The van der Waals surface area contributed by atoms with E-state index in [0.29, 0.717) is 36.8 Å². The van der Waals surface area contributed by atoms with Crippen LogP contribution < -0.4 is 9.47 Å². The Hall–Kier alpha value is -3.32. The van der Waals surface area contributed by atoms with Crippen LogP contribution in [0.4, 0.5) is 0 Å². The van der Waals surface area contributed by atoms with Gasteiger partial charge in [-0.3, -0.25) is 9.59 Å². The number of likely N-dealkylation sites (tertiary alicyclic amines) is 1. The SMILES string of the molecule is CCOc1ccc(C2C(=C(O)c3ccc(OC)cc3C)C(=O)C(=O)N2CCN(C)C)cc1. The van der Waals surface area contributed by atoms with Crippen molar-refractivity contribution in [3.8, 4) is 11.5 Å². The highest BCUT2D eigenvalue weighted by Crippen LogP contribution is 2.40. The van der Waals surface area contributed by atoms with Crippen LogP contribution in [-0.4, -0.2) is 67.5 Å². The van der Waals surface area contributed by atoms with Gasteiger partial charge in [-0.15, -0.1) is 0 Å². The predicted octanol–water partition coefficient (Wildman–Crippen LogP) is 3.39. The van der Waals surface area contributed by atoms with Crippen molar-refractivity contribution in [1.29, 1.82) is 0 Å². The summed E-state index contributed by atoms with van der Waals surface area (Å²) in [6.45, 7) is 5.21. The van der Waals surface area contributed by atoms with E-state index in [1.807, 2.05) is 57.1 Å². The molecule has 1 aliphatic rings. The van der Waals surface area contributed by atoms with Gasteiger partial charge in [0, 0.05) is 18.7 Å². The van der Waals surface area contributed by atoms with E-state index in [9.17, 15) is 14.7 Å². The van der Waals surface area contributed by atoms with Gasteiger partial charge in [0.2, 0.25) is 0 Å². The van der Waals surface area contributed by atoms with Crippen LogP contribution in [0.3, 0.4) is 0 Å². The van der Waals surface area contributed by atoms with E-state index >= 15 is 0 Å². The van der Waals surface area contributed by atoms with Gasteiger partial charge in [0.1, 0.15) is 17.3 Å². The van der Waals surface area contributed by atoms with Gasteiger partial charge in [-0.1, -0.05) is 12.1 Å². The molecule has 1 N–H and O–H groups in total. The summed E-state index contributed by atoms with van der Waals surface area (Å²) in [5.74, 6) is -0.135. The Bertz CT molecular complexity index is 1030. The zero-order valence-electron chi connectivity index (χ0n) is 19.2. The predicted molar refractivity (Wildman–Crippen MR) is 123 cm³/mol. The third-order valence-corrected chi connectivity index (χ3v) is 5.52. The second-order valence-corrected chi connectivity index (χ2v) is 7.98. The number of carbonyl (C=O) groups is 2. The van der Waals surface area contributed by atoms with Crippen molar-refractivity contribution < 1.29 is 24.2 Å². The summed E-state index contributed by atoms with van der Waals surface area (Å²) in [4.78, 5) is 29.5. The van der Waals surface area contributed by atoms with Crippen molar-refractivity contribution in [2.24, 2.45) is 0 Å². The molecule has 0 aliphatic carbocycles. The Kier molecular flexibility index (Phi) is 7.20. The molecule has 0 spiro atoms. The third kappa shape index (κ3) is 4.62. The normalized spacial score (nSPS) is 17.8. The average molecular weight is 439 g/mol. The number of ketones is 1. The van der Waals surface area contributed by atoms with Gasteiger partial charge in [-0.05, 0) is 69.4 Å². The Morgan fingerprint density at radius 1 is 1.09 bits per heavy atom. The molecule has 1 saturated heterocycles. The van der Waals surface area contributed by atoms with E-state index in [-0.39, 0.29) is 11.3 Å². The third-order valence-electron chi connectivity index (χ3n) is 5.52. The van der Waals surface area contributed by atoms with Gasteiger partial charge in [0.15, 0.2) is 0 Å². The molecule has 0 bridgehead atoms. The minimum Gasteiger partial charge on any atom is -0.507 e. The van der Waals surface area contributed by atoms with Crippen molar-refractivity contribution in [2.75, 3.05) is 40.9 Å². The topological polar surface area (TPSA) is 79.3 Å². The lowest BCUT2D eigenvalue weighted by molar-refractivity contribution is -0.140. The summed E-state index contributed by atoms with van der Waals surface area (Å²) < 4.78 is 10.8. The summed E-state index contributed by atoms with van der Waals surface area (Å²) in [7, 11) is 5.38. The maximum Gasteiger partial charge on any atom is 0.295 e. The van der Waals surface area contributed by atoms with E-state index in [1.54, 1.807) is 25.3 Å². The van der Waals surface area contributed by atoms with E-state index in [4.69, 9.17) is 9.47 Å². The number of aliphatic hydroxyl groups is 1. The van der Waals surface area contributed by atoms with Gasteiger partial charge in [-0.2, -0.15) is 0 Å². The minimum atomic E-state index is -0.688. The van der Waals surface area contributed by atoms with E-state index < -0.39 is 17.7 Å². The Morgan fingerprint density at radius 2 is 1.75 bits per heavy atom. The summed E-state index contributed by atoms with van der Waals surface area (Å²) in [6, 6.07) is 11.8. The molecule has 2 aromatic rings. The Morgan fingerprint density at radius 3 is 2.31 bits per heavy atom. The summed E-state index contributed by atoms with van der Waals surface area (Å²) in [6.07, 6.45) is 0. The van der Waals surface area contributed by atoms with Gasteiger partial charge >= 0.3 is 0 Å². The number of ether oxygens (including phenoxy) is 2. The average Bonchev–Trinajstić information content (AvgIpc) is 3.02. The molecule has 1 atom stereocenters. The van der Waals surface area contributed by atoms with Crippen molar-refractivity contribution >= 4 is 17.4 Å². The van der Waals surface area contributed by atoms with Crippen LogP contribution >= 0.6 is 0 Å². The first-order chi connectivity index (χ1) is 15.3. The molecule has 1 fully saturated rings. The van der Waals surface area contributed by atoms with Crippen LogP contribution in [0, 0.1) is 6.92 Å². The maximum atomic E-state index is 13.1. The lowest BCUT2D eigenvalue weighted by atomic mass is 9.94. The number of aryl methyl sites for hydroxylation is 1. The number of hydrogen-bond donors (Lipinski definition) is 1. The Balaban J connectivity index is 2.13. The standard InChI is InChI=1S/C25H30N2O5/c1-6-32-18-9-7-17(8-10-18)22-21(24(29)25(30)27(22)14-13-26(3)4)23(28)20-12-11-19(31-5)15-16(20)2/h7-12,15,22,28H,6,13-14H2,1-5H3. The molecular formula is C25H30N2O5. The fourth-order valence-corrected chi connectivity index (χ4v) is 3.85. The Labute approximate surface area is 188 Å². The number of hydrogen-bond acceptors (Lipinski definition) is 6. The van der Waals surface area contributed by atoms with Gasteiger partial charge in [0.25, 0.3) is 11.7 Å². The molecule has 32 heavy (non-hydrogen) atoms. The number of Topliss-reactive ketones (excluding diaryl/α,β-unsaturated/α-hetero) is 1. The monoisotopic (exact) mass is 438 g/mol. The number of carbonyl (C=O) groups excluding carboxylic acids is 2. The minimum absolute atomic E-state index is 0.0891. The van der Waals surface area contributed by atoms with Crippen molar-refractivity contribution in [1.82, 2.24) is 9.80 Å². The number of likely N-dealkylation sites (N-methyl/N-ethyl adjacent to an activating group) is 1. The number of rotatable bonds is 8. The second-order valence-electron chi connectivity index (χ2n) is 7.98. The van der Waals surface area contributed by atoms with Gasteiger partial charge in [0.05, 0.1) is 25.3 Å². The first-order valence-electron chi connectivity index (χ1n) is 10.6. The molecule has 1 heterocycles. The smallest absolute Gasteiger partial charge is 0.295 e. The molecule has 170 valence electrons. The quantitative estimate of drug-likeness (QED) is 0.387. The van der Waals surface area contributed by atoms with Crippen LogP contribution in [0.5, 0.6) is 11.5 Å². The molecule has 3 rings (SSSR count). The van der Waals surface area contributed by atoms with Crippen LogP contribution in [-0.2, 0) is 9.59 Å². The molecule has 0 saturated carbocycles. The molecule has 1 amide bonds. The summed E-state index contributed by atoms with van der Waals surface area (Å²) in [5, 5.41) is 11.2. The van der Waals surface area contributed by atoms with Crippen molar-refractivity contribution in [3.05, 3.63) is 64.7 Å². The number of methoxy groups -OCH3 is 1. The zero-order chi connectivity index (χ0) is 23.4. The van der Waals surface area contributed by atoms with Crippen LogP contribution in [0.25, 0.3) is 5.76 Å².